The van der Waals surface area contributed by atoms with E-state index in [-0.39, 0.29) is 0 Å². The van der Waals surface area contributed by atoms with Gasteiger partial charge in [0.2, 0.25) is 0 Å². The van der Waals surface area contributed by atoms with Crippen LogP contribution in [0.4, 0.5) is 0 Å². The molecule has 1 saturated carbocycles. The molecule has 2 fully saturated rings. The lowest BCUT2D eigenvalue weighted by Gasteiger charge is -2.28. The summed E-state index contributed by atoms with van der Waals surface area (Å²) >= 11 is 0. The van der Waals surface area contributed by atoms with Gasteiger partial charge in [0.15, 0.2) is 0 Å². The highest BCUT2D eigenvalue weighted by Gasteiger charge is 2.31. The molecular formula is C13H26N2O. The molecular weight excluding hydrogens is 200 g/mol. The Morgan fingerprint density at radius 3 is 2.75 bits per heavy atom. The van der Waals surface area contributed by atoms with Crippen molar-refractivity contribution < 1.29 is 5.11 Å². The maximum absolute atomic E-state index is 9.39. The molecule has 3 heteroatoms. The highest BCUT2D eigenvalue weighted by molar-refractivity contribution is 4.86. The molecule has 94 valence electrons. The molecule has 0 aromatic heterocycles. The van der Waals surface area contributed by atoms with Crippen molar-refractivity contribution in [3.05, 3.63) is 0 Å². The van der Waals surface area contributed by atoms with Crippen LogP contribution in [0.3, 0.4) is 0 Å². The number of likely N-dealkylation sites (tertiary alicyclic amines) is 1. The lowest BCUT2D eigenvalue weighted by atomic mass is 10.0. The summed E-state index contributed by atoms with van der Waals surface area (Å²) in [4.78, 5) is 2.48. The molecule has 1 saturated heterocycles. The molecule has 2 rings (SSSR count). The van der Waals surface area contributed by atoms with Crippen molar-refractivity contribution in [2.75, 3.05) is 26.2 Å². The van der Waals surface area contributed by atoms with Crippen molar-refractivity contribution >= 4 is 0 Å². The number of nitrogens with one attached hydrogen (secondary N) is 1. The monoisotopic (exact) mass is 226 g/mol. The van der Waals surface area contributed by atoms with Crippen LogP contribution in [0.25, 0.3) is 0 Å². The van der Waals surface area contributed by atoms with Gasteiger partial charge in [0.25, 0.3) is 0 Å². The number of hydrogen-bond acceptors (Lipinski definition) is 3. The second-order valence-corrected chi connectivity index (χ2v) is 5.80. The Morgan fingerprint density at radius 2 is 2.12 bits per heavy atom. The molecule has 0 radical (unpaired) electrons. The summed E-state index contributed by atoms with van der Waals surface area (Å²) in [6.07, 6.45) is 3.98. The zero-order valence-electron chi connectivity index (χ0n) is 10.7. The van der Waals surface area contributed by atoms with Crippen molar-refractivity contribution in [3.63, 3.8) is 0 Å². The van der Waals surface area contributed by atoms with Crippen LogP contribution in [0.2, 0.25) is 0 Å². The van der Waals surface area contributed by atoms with E-state index in [1.54, 1.807) is 0 Å². The predicted molar refractivity (Wildman–Crippen MR) is 66.4 cm³/mol. The minimum atomic E-state index is 0.323. The molecule has 0 aromatic carbocycles. The highest BCUT2D eigenvalue weighted by atomic mass is 16.3. The Bertz CT molecular complexity index is 218. The standard InChI is InChI=1S/C13H26N2O/c1-10(7-14-12-3-4-12)8-15-6-5-11(2)13(15)9-16/h10-14,16H,3-9H2,1-2H3. The van der Waals surface area contributed by atoms with Crippen LogP contribution in [-0.4, -0.2) is 48.3 Å². The van der Waals surface area contributed by atoms with Gasteiger partial charge in [-0.3, -0.25) is 4.90 Å². The minimum absolute atomic E-state index is 0.323. The molecule has 3 unspecified atom stereocenters. The number of nitrogens with zero attached hydrogens (tertiary/aromatic N) is 1. The van der Waals surface area contributed by atoms with Crippen LogP contribution in [0.5, 0.6) is 0 Å². The Balaban J connectivity index is 1.70. The van der Waals surface area contributed by atoms with Gasteiger partial charge in [0.1, 0.15) is 0 Å². The fraction of sp³-hybridized carbons (Fsp3) is 1.00. The summed E-state index contributed by atoms with van der Waals surface area (Å²) in [6.45, 7) is 8.33. The second kappa shape index (κ2) is 5.48. The fourth-order valence-electron chi connectivity index (χ4n) is 2.73. The Hall–Kier alpha value is -0.120. The van der Waals surface area contributed by atoms with Crippen LogP contribution in [0, 0.1) is 11.8 Å². The van der Waals surface area contributed by atoms with Crippen LogP contribution in [0.15, 0.2) is 0 Å². The molecule has 16 heavy (non-hydrogen) atoms. The average molecular weight is 226 g/mol. The first-order valence-electron chi connectivity index (χ1n) is 6.79. The molecule has 1 aliphatic heterocycles. The van der Waals surface area contributed by atoms with Gasteiger partial charge >= 0.3 is 0 Å². The van der Waals surface area contributed by atoms with Crippen LogP contribution < -0.4 is 5.32 Å². The second-order valence-electron chi connectivity index (χ2n) is 5.80. The fourth-order valence-corrected chi connectivity index (χ4v) is 2.73. The lowest BCUT2D eigenvalue weighted by Crippen LogP contribution is -2.40. The van der Waals surface area contributed by atoms with Gasteiger partial charge in [0.05, 0.1) is 6.61 Å². The van der Waals surface area contributed by atoms with E-state index in [0.29, 0.717) is 24.5 Å². The van der Waals surface area contributed by atoms with Crippen LogP contribution >= 0.6 is 0 Å². The molecule has 0 amide bonds. The number of rotatable bonds is 6. The first-order chi connectivity index (χ1) is 7.70. The van der Waals surface area contributed by atoms with Gasteiger partial charge in [-0.15, -0.1) is 0 Å². The third kappa shape index (κ3) is 3.19. The van der Waals surface area contributed by atoms with Gasteiger partial charge in [-0.05, 0) is 44.2 Å². The summed E-state index contributed by atoms with van der Waals surface area (Å²) in [5.74, 6) is 1.36. The lowest BCUT2D eigenvalue weighted by molar-refractivity contribution is 0.126. The maximum atomic E-state index is 9.39. The summed E-state index contributed by atoms with van der Waals surface area (Å²) in [6, 6.07) is 1.22. The zero-order chi connectivity index (χ0) is 11.5. The number of hydrogen-bond donors (Lipinski definition) is 2. The number of aliphatic hydroxyl groups excluding tert-OH is 1. The maximum Gasteiger partial charge on any atom is 0.0589 e. The first-order valence-corrected chi connectivity index (χ1v) is 6.79. The molecule has 3 atom stereocenters. The molecule has 1 heterocycles. The highest BCUT2D eigenvalue weighted by Crippen LogP contribution is 2.24. The first kappa shape index (κ1) is 12.3. The molecule has 1 aliphatic carbocycles. The Kier molecular flexibility index (Phi) is 4.22. The molecule has 0 aromatic rings. The smallest absolute Gasteiger partial charge is 0.0589 e. The zero-order valence-corrected chi connectivity index (χ0v) is 10.7. The van der Waals surface area contributed by atoms with Gasteiger partial charge in [-0.25, -0.2) is 0 Å². The van der Waals surface area contributed by atoms with Gasteiger partial charge in [-0.2, -0.15) is 0 Å². The van der Waals surface area contributed by atoms with Crippen molar-refractivity contribution in [1.29, 1.82) is 0 Å². The summed E-state index contributed by atoms with van der Waals surface area (Å²) in [7, 11) is 0. The largest absolute Gasteiger partial charge is 0.395 e. The van der Waals surface area contributed by atoms with E-state index in [1.165, 1.54) is 25.8 Å². The van der Waals surface area contributed by atoms with E-state index >= 15 is 0 Å². The molecule has 2 N–H and O–H groups in total. The van der Waals surface area contributed by atoms with Gasteiger partial charge in [0, 0.05) is 18.6 Å². The molecule has 0 spiro atoms. The predicted octanol–water partition coefficient (Wildman–Crippen LogP) is 1.08. The summed E-state index contributed by atoms with van der Waals surface area (Å²) < 4.78 is 0. The van der Waals surface area contributed by atoms with Crippen molar-refractivity contribution in [2.24, 2.45) is 11.8 Å². The van der Waals surface area contributed by atoms with E-state index in [0.717, 1.165) is 19.1 Å². The van der Waals surface area contributed by atoms with E-state index < -0.39 is 0 Å². The minimum Gasteiger partial charge on any atom is -0.395 e. The SMILES string of the molecule is CC(CNC1CC1)CN1CCC(C)C1CO. The van der Waals surface area contributed by atoms with E-state index in [4.69, 9.17) is 0 Å². The van der Waals surface area contributed by atoms with E-state index in [1.807, 2.05) is 0 Å². The van der Waals surface area contributed by atoms with Crippen molar-refractivity contribution in [3.8, 4) is 0 Å². The third-order valence-electron chi connectivity index (χ3n) is 4.06. The normalized spacial score (nSPS) is 33.2. The summed E-state index contributed by atoms with van der Waals surface area (Å²) in [5, 5.41) is 13.0. The van der Waals surface area contributed by atoms with Crippen LogP contribution in [-0.2, 0) is 0 Å². The molecule has 0 bridgehead atoms. The van der Waals surface area contributed by atoms with Crippen molar-refractivity contribution in [2.45, 2.75) is 45.2 Å². The quantitative estimate of drug-likeness (QED) is 0.711. The summed E-state index contributed by atoms with van der Waals surface area (Å²) in [5.41, 5.74) is 0. The van der Waals surface area contributed by atoms with E-state index in [9.17, 15) is 5.11 Å². The number of aliphatic hydroxyl groups is 1. The third-order valence-corrected chi connectivity index (χ3v) is 4.06. The molecule has 2 aliphatic rings. The van der Waals surface area contributed by atoms with Crippen LogP contribution in [0.1, 0.15) is 33.1 Å². The topological polar surface area (TPSA) is 35.5 Å². The average Bonchev–Trinajstić information content (AvgIpc) is 3.02. The van der Waals surface area contributed by atoms with Crippen molar-refractivity contribution in [1.82, 2.24) is 10.2 Å². The Morgan fingerprint density at radius 1 is 1.38 bits per heavy atom. The molecule has 3 nitrogen and oxygen atoms in total. The van der Waals surface area contributed by atoms with E-state index in [2.05, 4.69) is 24.1 Å². The van der Waals surface area contributed by atoms with Gasteiger partial charge in [-0.1, -0.05) is 13.8 Å². The Labute approximate surface area is 99.2 Å². The van der Waals surface area contributed by atoms with Gasteiger partial charge < -0.3 is 10.4 Å².